The Labute approximate surface area is 76.9 Å². The van der Waals surface area contributed by atoms with Crippen LogP contribution in [-0.2, 0) is 4.74 Å². The summed E-state index contributed by atoms with van der Waals surface area (Å²) in [5.41, 5.74) is 0. The molecule has 2 nitrogen and oxygen atoms in total. The first kappa shape index (κ1) is 9.34. The van der Waals surface area contributed by atoms with Gasteiger partial charge in [-0.1, -0.05) is 0 Å². The molecule has 0 N–H and O–H groups in total. The van der Waals surface area contributed by atoms with Crippen molar-refractivity contribution in [3.05, 3.63) is 0 Å². The highest BCUT2D eigenvalue weighted by Crippen LogP contribution is 2.53. The molecule has 13 heavy (non-hydrogen) atoms. The van der Waals surface area contributed by atoms with Gasteiger partial charge in [-0.15, -0.1) is 0 Å². The fraction of sp³-hybridized carbons (Fsp3) is 1.00. The minimum atomic E-state index is -2.51. The van der Waals surface area contributed by atoms with E-state index in [-0.39, 0.29) is 12.6 Å². The van der Waals surface area contributed by atoms with Gasteiger partial charge in [0.25, 0.3) is 5.92 Å². The van der Waals surface area contributed by atoms with Gasteiger partial charge in [-0.2, -0.15) is 0 Å². The van der Waals surface area contributed by atoms with E-state index in [1.165, 1.54) is 0 Å². The van der Waals surface area contributed by atoms with Crippen molar-refractivity contribution in [1.82, 2.24) is 4.90 Å². The second-order valence-electron chi connectivity index (χ2n) is 4.13. The van der Waals surface area contributed by atoms with Crippen molar-refractivity contribution >= 4 is 0 Å². The molecule has 1 heterocycles. The third kappa shape index (κ3) is 1.36. The molecule has 1 aliphatic heterocycles. The van der Waals surface area contributed by atoms with Crippen LogP contribution < -0.4 is 0 Å². The van der Waals surface area contributed by atoms with Crippen molar-refractivity contribution in [1.29, 1.82) is 0 Å². The van der Waals surface area contributed by atoms with Gasteiger partial charge >= 0.3 is 0 Å². The normalized spacial score (nSPS) is 38.5. The molecule has 0 amide bonds. The molecule has 2 fully saturated rings. The fourth-order valence-corrected chi connectivity index (χ4v) is 2.13. The van der Waals surface area contributed by atoms with Crippen molar-refractivity contribution in [2.75, 3.05) is 19.8 Å². The Morgan fingerprint density at radius 1 is 1.46 bits per heavy atom. The summed E-state index contributed by atoms with van der Waals surface area (Å²) in [7, 11) is 0. The van der Waals surface area contributed by atoms with Crippen LogP contribution in [0.5, 0.6) is 0 Å². The summed E-state index contributed by atoms with van der Waals surface area (Å²) in [6, 6.07) is -0.377. The van der Waals surface area contributed by atoms with E-state index in [0.717, 1.165) is 0 Å². The van der Waals surface area contributed by atoms with Gasteiger partial charge in [0, 0.05) is 12.6 Å². The lowest BCUT2D eigenvalue weighted by Gasteiger charge is -2.25. The maximum Gasteiger partial charge on any atom is 0.270 e. The van der Waals surface area contributed by atoms with Crippen LogP contribution in [0.2, 0.25) is 0 Å². The van der Waals surface area contributed by atoms with Crippen molar-refractivity contribution in [2.24, 2.45) is 5.92 Å². The summed E-state index contributed by atoms with van der Waals surface area (Å²) >= 11 is 0. The summed E-state index contributed by atoms with van der Waals surface area (Å²) in [5, 5.41) is 0. The van der Waals surface area contributed by atoms with Gasteiger partial charge in [-0.05, 0) is 13.8 Å². The van der Waals surface area contributed by atoms with Crippen LogP contribution in [0.15, 0.2) is 0 Å². The molecule has 0 aromatic rings. The maximum atomic E-state index is 13.2. The molecule has 2 rings (SSSR count). The SMILES string of the molecule is CC(C)N1CCOCC2C1C2(F)F. The Kier molecular flexibility index (Phi) is 2.07. The monoisotopic (exact) mass is 191 g/mol. The molecule has 0 aromatic heterocycles. The number of nitrogens with zero attached hydrogens (tertiary/aromatic N) is 1. The number of ether oxygens (including phenoxy) is 1. The fourth-order valence-electron chi connectivity index (χ4n) is 2.13. The molecule has 2 aliphatic rings. The molecular formula is C9H15F2NO. The van der Waals surface area contributed by atoms with Crippen LogP contribution in [0.3, 0.4) is 0 Å². The number of hydrogen-bond donors (Lipinski definition) is 0. The molecular weight excluding hydrogens is 176 g/mol. The molecule has 0 bridgehead atoms. The average molecular weight is 191 g/mol. The summed E-state index contributed by atoms with van der Waals surface area (Å²) in [6.45, 7) is 5.35. The molecule has 76 valence electrons. The third-order valence-electron chi connectivity index (χ3n) is 2.97. The van der Waals surface area contributed by atoms with Crippen molar-refractivity contribution < 1.29 is 13.5 Å². The zero-order valence-electron chi connectivity index (χ0n) is 7.96. The second-order valence-corrected chi connectivity index (χ2v) is 4.13. The van der Waals surface area contributed by atoms with E-state index >= 15 is 0 Å². The molecule has 1 saturated heterocycles. The van der Waals surface area contributed by atoms with Gasteiger partial charge in [0.2, 0.25) is 0 Å². The first-order chi connectivity index (χ1) is 6.05. The Hall–Kier alpha value is -0.220. The van der Waals surface area contributed by atoms with Crippen LogP contribution in [-0.4, -0.2) is 42.7 Å². The molecule has 4 heteroatoms. The minimum absolute atomic E-state index is 0.183. The highest BCUT2D eigenvalue weighted by atomic mass is 19.3. The van der Waals surface area contributed by atoms with Gasteiger partial charge in [0.05, 0.1) is 25.2 Å². The standard InChI is InChI=1S/C9H15F2NO/c1-6(2)12-3-4-13-5-7-8(12)9(7,10)11/h6-8H,3-5H2,1-2H3. The second kappa shape index (κ2) is 2.89. The van der Waals surface area contributed by atoms with Crippen LogP contribution in [0, 0.1) is 5.92 Å². The zero-order valence-corrected chi connectivity index (χ0v) is 7.96. The first-order valence-electron chi connectivity index (χ1n) is 4.76. The lowest BCUT2D eigenvalue weighted by molar-refractivity contribution is 0.0154. The van der Waals surface area contributed by atoms with E-state index < -0.39 is 17.9 Å². The lowest BCUT2D eigenvalue weighted by atomic mass is 10.3. The molecule has 1 saturated carbocycles. The summed E-state index contributed by atoms with van der Waals surface area (Å²) in [6.07, 6.45) is 0. The quantitative estimate of drug-likeness (QED) is 0.620. The van der Waals surface area contributed by atoms with E-state index in [4.69, 9.17) is 4.74 Å². The third-order valence-corrected chi connectivity index (χ3v) is 2.97. The Balaban J connectivity index is 2.11. The van der Waals surface area contributed by atoms with E-state index in [2.05, 4.69) is 0 Å². The van der Waals surface area contributed by atoms with Crippen LogP contribution >= 0.6 is 0 Å². The smallest absolute Gasteiger partial charge is 0.270 e. The minimum Gasteiger partial charge on any atom is -0.380 e. The van der Waals surface area contributed by atoms with Crippen molar-refractivity contribution in [3.63, 3.8) is 0 Å². The molecule has 1 aliphatic carbocycles. The molecule has 0 radical (unpaired) electrons. The largest absolute Gasteiger partial charge is 0.380 e. The Morgan fingerprint density at radius 3 is 2.77 bits per heavy atom. The predicted octanol–water partition coefficient (Wildman–Crippen LogP) is 1.36. The van der Waals surface area contributed by atoms with Gasteiger partial charge in [-0.25, -0.2) is 8.78 Å². The number of fused-ring (bicyclic) bond motifs is 1. The number of alkyl halides is 2. The van der Waals surface area contributed by atoms with Gasteiger partial charge in [0.1, 0.15) is 0 Å². The van der Waals surface area contributed by atoms with E-state index in [1.807, 2.05) is 18.7 Å². The van der Waals surface area contributed by atoms with E-state index in [1.54, 1.807) is 0 Å². The topological polar surface area (TPSA) is 12.5 Å². The summed E-state index contributed by atoms with van der Waals surface area (Å²) < 4.78 is 31.5. The van der Waals surface area contributed by atoms with E-state index in [0.29, 0.717) is 13.2 Å². The number of halogens is 2. The Bertz CT molecular complexity index is 208. The van der Waals surface area contributed by atoms with Gasteiger partial charge in [0.15, 0.2) is 0 Å². The Morgan fingerprint density at radius 2 is 2.15 bits per heavy atom. The highest BCUT2D eigenvalue weighted by Gasteiger charge is 2.71. The molecule has 2 unspecified atom stereocenters. The number of hydrogen-bond acceptors (Lipinski definition) is 2. The van der Waals surface area contributed by atoms with Crippen molar-refractivity contribution in [2.45, 2.75) is 31.9 Å². The van der Waals surface area contributed by atoms with E-state index in [9.17, 15) is 8.78 Å². The highest BCUT2D eigenvalue weighted by molar-refractivity contribution is 5.13. The number of rotatable bonds is 1. The van der Waals surface area contributed by atoms with Crippen LogP contribution in [0.1, 0.15) is 13.8 Å². The lowest BCUT2D eigenvalue weighted by Crippen LogP contribution is -2.37. The molecule has 0 spiro atoms. The maximum absolute atomic E-state index is 13.2. The van der Waals surface area contributed by atoms with Gasteiger partial charge in [-0.3, -0.25) is 4.90 Å². The summed E-state index contributed by atoms with van der Waals surface area (Å²) in [4.78, 5) is 1.86. The zero-order chi connectivity index (χ0) is 9.64. The van der Waals surface area contributed by atoms with Gasteiger partial charge < -0.3 is 4.74 Å². The van der Waals surface area contributed by atoms with Crippen LogP contribution in [0.4, 0.5) is 8.78 Å². The van der Waals surface area contributed by atoms with Crippen LogP contribution in [0.25, 0.3) is 0 Å². The average Bonchev–Trinajstić information content (AvgIpc) is 2.63. The van der Waals surface area contributed by atoms with Crippen molar-refractivity contribution in [3.8, 4) is 0 Å². The predicted molar refractivity (Wildman–Crippen MR) is 44.9 cm³/mol. The first-order valence-corrected chi connectivity index (χ1v) is 4.76. The molecule has 2 atom stereocenters. The molecule has 0 aromatic carbocycles. The summed E-state index contributed by atoms with van der Waals surface area (Å²) in [5.74, 6) is -3.07.